The molecule has 108 valence electrons. The van der Waals surface area contributed by atoms with E-state index < -0.39 is 0 Å². The van der Waals surface area contributed by atoms with Crippen LogP contribution in [0.5, 0.6) is 5.75 Å². The van der Waals surface area contributed by atoms with Crippen LogP contribution in [-0.4, -0.2) is 14.7 Å². The van der Waals surface area contributed by atoms with E-state index in [9.17, 15) is 5.11 Å². The van der Waals surface area contributed by atoms with Crippen LogP contribution in [0.3, 0.4) is 0 Å². The second-order valence-electron chi connectivity index (χ2n) is 5.13. The van der Waals surface area contributed by atoms with Crippen molar-refractivity contribution < 1.29 is 5.11 Å². The van der Waals surface area contributed by atoms with Gasteiger partial charge in [-0.2, -0.15) is 0 Å². The lowest BCUT2D eigenvalue weighted by Crippen LogP contribution is -2.04. The Labute approximate surface area is 128 Å². The molecule has 21 heavy (non-hydrogen) atoms. The van der Waals surface area contributed by atoms with Crippen molar-refractivity contribution in [2.75, 3.05) is 0 Å². The molecule has 0 aliphatic rings. The number of rotatable bonds is 4. The van der Waals surface area contributed by atoms with E-state index in [1.54, 1.807) is 12.1 Å². The zero-order chi connectivity index (χ0) is 14.8. The zero-order valence-electron chi connectivity index (χ0n) is 11.9. The minimum absolute atomic E-state index is 0.281. The van der Waals surface area contributed by atoms with Crippen molar-refractivity contribution in [3.8, 4) is 5.75 Å². The van der Waals surface area contributed by atoms with Crippen LogP contribution in [0.4, 0.5) is 0 Å². The number of hydrogen-bond donors (Lipinski definition) is 1. The Morgan fingerprint density at radius 3 is 2.62 bits per heavy atom. The van der Waals surface area contributed by atoms with Crippen molar-refractivity contribution in [1.29, 1.82) is 0 Å². The van der Waals surface area contributed by atoms with Gasteiger partial charge in [0.05, 0.1) is 16.1 Å². The van der Waals surface area contributed by atoms with E-state index in [4.69, 9.17) is 16.6 Å². The van der Waals surface area contributed by atoms with Gasteiger partial charge in [-0.3, -0.25) is 0 Å². The van der Waals surface area contributed by atoms with Crippen LogP contribution >= 0.6 is 11.6 Å². The molecule has 0 unspecified atom stereocenters. The van der Waals surface area contributed by atoms with Crippen LogP contribution in [0.2, 0.25) is 5.02 Å². The molecule has 0 spiro atoms. The number of aromatic hydroxyl groups is 1. The number of para-hydroxylation sites is 1. The van der Waals surface area contributed by atoms with E-state index in [1.165, 1.54) is 0 Å². The summed E-state index contributed by atoms with van der Waals surface area (Å²) < 4.78 is 2.20. The molecule has 3 aromatic rings. The first kappa shape index (κ1) is 14.0. The molecule has 0 bridgehead atoms. The number of aryl methyl sites for hydroxylation is 1. The smallest absolute Gasteiger partial charge is 0.115 e. The Kier molecular flexibility index (Phi) is 3.84. The standard InChI is InChI=1S/C17H17ClN2O/c1-2-10-20-16(11-12-6-8-13(21)9-7-12)19-15-5-3-4-14(18)17(15)20/h3-9,21H,2,10-11H2,1H3. The van der Waals surface area contributed by atoms with Gasteiger partial charge in [0.2, 0.25) is 0 Å². The van der Waals surface area contributed by atoms with Crippen molar-refractivity contribution >= 4 is 22.6 Å². The molecule has 1 aromatic heterocycles. The molecule has 0 fully saturated rings. The van der Waals surface area contributed by atoms with Gasteiger partial charge in [0.15, 0.2) is 0 Å². The summed E-state index contributed by atoms with van der Waals surface area (Å²) >= 11 is 6.34. The molecule has 4 heteroatoms. The summed E-state index contributed by atoms with van der Waals surface area (Å²) in [6.07, 6.45) is 1.75. The maximum absolute atomic E-state index is 9.37. The van der Waals surface area contributed by atoms with Gasteiger partial charge in [0.25, 0.3) is 0 Å². The van der Waals surface area contributed by atoms with Crippen LogP contribution in [0.15, 0.2) is 42.5 Å². The summed E-state index contributed by atoms with van der Waals surface area (Å²) in [4.78, 5) is 4.73. The molecule has 2 aromatic carbocycles. The fraction of sp³-hybridized carbons (Fsp3) is 0.235. The van der Waals surface area contributed by atoms with E-state index in [1.807, 2.05) is 30.3 Å². The van der Waals surface area contributed by atoms with Crippen LogP contribution in [0.1, 0.15) is 24.7 Å². The van der Waals surface area contributed by atoms with Gasteiger partial charge >= 0.3 is 0 Å². The van der Waals surface area contributed by atoms with Gasteiger partial charge in [-0.05, 0) is 36.2 Å². The van der Waals surface area contributed by atoms with Crippen LogP contribution in [0.25, 0.3) is 11.0 Å². The van der Waals surface area contributed by atoms with Crippen LogP contribution in [0, 0.1) is 0 Å². The molecule has 0 aliphatic carbocycles. The number of phenolic OH excluding ortho intramolecular Hbond substituents is 1. The van der Waals surface area contributed by atoms with E-state index >= 15 is 0 Å². The normalized spacial score (nSPS) is 11.1. The van der Waals surface area contributed by atoms with Crippen molar-refractivity contribution in [2.24, 2.45) is 0 Å². The van der Waals surface area contributed by atoms with Gasteiger partial charge in [-0.1, -0.05) is 36.7 Å². The molecule has 0 radical (unpaired) electrons. The van der Waals surface area contributed by atoms with Gasteiger partial charge in [-0.25, -0.2) is 4.98 Å². The lowest BCUT2D eigenvalue weighted by Gasteiger charge is -2.08. The Balaban J connectivity index is 2.06. The maximum atomic E-state index is 9.37. The highest BCUT2D eigenvalue weighted by molar-refractivity contribution is 6.35. The number of fused-ring (bicyclic) bond motifs is 1. The summed E-state index contributed by atoms with van der Waals surface area (Å²) in [7, 11) is 0. The van der Waals surface area contributed by atoms with Crippen molar-refractivity contribution in [1.82, 2.24) is 9.55 Å². The Hall–Kier alpha value is -2.00. The van der Waals surface area contributed by atoms with Gasteiger partial charge < -0.3 is 9.67 Å². The molecule has 3 rings (SSSR count). The summed E-state index contributed by atoms with van der Waals surface area (Å²) in [6, 6.07) is 13.1. The highest BCUT2D eigenvalue weighted by Crippen LogP contribution is 2.26. The highest BCUT2D eigenvalue weighted by Gasteiger charge is 2.13. The molecular formula is C17H17ClN2O. The first-order valence-corrected chi connectivity index (χ1v) is 7.48. The molecule has 0 saturated carbocycles. The predicted octanol–water partition coefficient (Wildman–Crippen LogP) is 4.40. The molecule has 0 saturated heterocycles. The third kappa shape index (κ3) is 2.74. The van der Waals surface area contributed by atoms with E-state index in [-0.39, 0.29) is 5.75 Å². The number of phenols is 1. The number of imidazole rings is 1. The number of benzene rings is 2. The monoisotopic (exact) mass is 300 g/mol. The summed E-state index contributed by atoms with van der Waals surface area (Å²) in [5.41, 5.74) is 3.07. The second-order valence-corrected chi connectivity index (χ2v) is 5.54. The first-order chi connectivity index (χ1) is 10.2. The quantitative estimate of drug-likeness (QED) is 0.775. The molecule has 1 heterocycles. The summed E-state index contributed by atoms with van der Waals surface area (Å²) in [5.74, 6) is 1.29. The van der Waals surface area contributed by atoms with Gasteiger partial charge in [0.1, 0.15) is 11.6 Å². The third-order valence-corrected chi connectivity index (χ3v) is 3.85. The van der Waals surface area contributed by atoms with Crippen molar-refractivity contribution in [3.63, 3.8) is 0 Å². The zero-order valence-corrected chi connectivity index (χ0v) is 12.6. The molecule has 0 atom stereocenters. The molecule has 0 aliphatic heterocycles. The summed E-state index contributed by atoms with van der Waals surface area (Å²) in [5, 5.41) is 10.1. The average molecular weight is 301 g/mol. The summed E-state index contributed by atoms with van der Waals surface area (Å²) in [6.45, 7) is 3.04. The second kappa shape index (κ2) is 5.78. The lowest BCUT2D eigenvalue weighted by molar-refractivity contribution is 0.475. The minimum atomic E-state index is 0.281. The molecule has 3 nitrogen and oxygen atoms in total. The Bertz CT molecular complexity index is 762. The van der Waals surface area contributed by atoms with E-state index in [2.05, 4.69) is 11.5 Å². The fourth-order valence-corrected chi connectivity index (χ4v) is 2.86. The number of aromatic nitrogens is 2. The van der Waals surface area contributed by atoms with E-state index in [0.29, 0.717) is 0 Å². The minimum Gasteiger partial charge on any atom is -0.508 e. The SMILES string of the molecule is CCCn1c(Cc2ccc(O)cc2)nc2cccc(Cl)c21. The lowest BCUT2D eigenvalue weighted by atomic mass is 10.1. The van der Waals surface area contributed by atoms with Crippen LogP contribution < -0.4 is 0 Å². The number of hydrogen-bond acceptors (Lipinski definition) is 2. The first-order valence-electron chi connectivity index (χ1n) is 7.10. The van der Waals surface area contributed by atoms with Gasteiger partial charge in [0, 0.05) is 13.0 Å². The maximum Gasteiger partial charge on any atom is 0.115 e. The van der Waals surface area contributed by atoms with E-state index in [0.717, 1.165) is 46.8 Å². The molecular weight excluding hydrogens is 284 g/mol. The number of halogens is 1. The van der Waals surface area contributed by atoms with Crippen molar-refractivity contribution in [3.05, 3.63) is 58.9 Å². The number of nitrogens with zero attached hydrogens (tertiary/aromatic N) is 2. The Morgan fingerprint density at radius 2 is 1.90 bits per heavy atom. The largest absolute Gasteiger partial charge is 0.508 e. The van der Waals surface area contributed by atoms with Crippen LogP contribution in [-0.2, 0) is 13.0 Å². The third-order valence-electron chi connectivity index (χ3n) is 3.54. The topological polar surface area (TPSA) is 38.0 Å². The van der Waals surface area contributed by atoms with Crippen molar-refractivity contribution in [2.45, 2.75) is 26.3 Å². The average Bonchev–Trinajstić information content (AvgIpc) is 2.81. The Morgan fingerprint density at radius 1 is 1.14 bits per heavy atom. The molecule has 1 N–H and O–H groups in total. The molecule has 0 amide bonds. The predicted molar refractivity (Wildman–Crippen MR) is 85.9 cm³/mol. The highest BCUT2D eigenvalue weighted by atomic mass is 35.5. The van der Waals surface area contributed by atoms with Gasteiger partial charge in [-0.15, -0.1) is 0 Å². The fourth-order valence-electron chi connectivity index (χ4n) is 2.59.